The van der Waals surface area contributed by atoms with Gasteiger partial charge in [0.1, 0.15) is 12.0 Å². The van der Waals surface area contributed by atoms with Crippen molar-refractivity contribution in [3.05, 3.63) is 41.7 Å². The molecule has 3 N–H and O–H groups in total. The van der Waals surface area contributed by atoms with E-state index < -0.39 is 17.9 Å². The van der Waals surface area contributed by atoms with Gasteiger partial charge in [-0.1, -0.05) is 50.8 Å². The maximum atomic E-state index is 13.6. The first kappa shape index (κ1) is 24.7. The summed E-state index contributed by atoms with van der Waals surface area (Å²) in [5.41, 5.74) is 2.61. The van der Waals surface area contributed by atoms with Crippen LogP contribution in [0, 0.1) is 23.7 Å². The van der Waals surface area contributed by atoms with Crippen LogP contribution in [0.4, 0.5) is 11.6 Å². The summed E-state index contributed by atoms with van der Waals surface area (Å²) in [6, 6.07) is 7.39. The smallest absolute Gasteiger partial charge is 0.242 e. The number of aromatic nitrogens is 2. The average Bonchev–Trinajstić information content (AvgIpc) is 3.34. The predicted octanol–water partition coefficient (Wildman–Crippen LogP) is 5.48. The number of carbonyl (C=O) groups is 2. The highest BCUT2D eigenvalue weighted by Crippen LogP contribution is 2.60. The number of carbonyl (C=O) groups excluding carboxylic acids is 2. The van der Waals surface area contributed by atoms with Crippen molar-refractivity contribution in [3.63, 3.8) is 0 Å². The van der Waals surface area contributed by atoms with Crippen molar-refractivity contribution in [2.45, 2.75) is 89.1 Å². The fourth-order valence-electron chi connectivity index (χ4n) is 8.23. The second-order valence-electron chi connectivity index (χ2n) is 12.2. The molecule has 4 saturated carbocycles. The average molecular weight is 505 g/mol. The molecular formula is C30H40N4O3. The van der Waals surface area contributed by atoms with Gasteiger partial charge in [0, 0.05) is 28.9 Å². The topological polar surface area (TPSA) is 98.3 Å². The summed E-state index contributed by atoms with van der Waals surface area (Å²) in [6.07, 6.45) is 13.8. The number of hydrogen-bond acceptors (Lipinski definition) is 4. The largest absolute Gasteiger partial charge is 0.387 e. The third-order valence-corrected chi connectivity index (χ3v) is 9.59. The van der Waals surface area contributed by atoms with Gasteiger partial charge in [0.05, 0.1) is 6.20 Å². The molecule has 0 radical (unpaired) electrons. The quantitative estimate of drug-likeness (QED) is 0.311. The van der Waals surface area contributed by atoms with E-state index in [2.05, 4.69) is 22.2 Å². The molecule has 7 nitrogen and oxygen atoms in total. The van der Waals surface area contributed by atoms with Crippen molar-refractivity contribution < 1.29 is 14.7 Å². The van der Waals surface area contributed by atoms with Crippen LogP contribution >= 0.6 is 0 Å². The molecule has 7 rings (SSSR count). The van der Waals surface area contributed by atoms with Gasteiger partial charge in [-0.15, -0.1) is 0 Å². The lowest BCUT2D eigenvalue weighted by Crippen LogP contribution is -2.49. The number of anilines is 2. The summed E-state index contributed by atoms with van der Waals surface area (Å²) in [6.45, 7) is 2.73. The molecule has 5 aliphatic rings. The number of imidazole rings is 1. The Kier molecular flexibility index (Phi) is 6.59. The Morgan fingerprint density at radius 2 is 1.76 bits per heavy atom. The lowest BCUT2D eigenvalue weighted by Gasteiger charge is -2.56. The highest BCUT2D eigenvalue weighted by Gasteiger charge is 2.52. The fraction of sp³-hybridized carbons (Fsp3) is 0.633. The first-order valence-electron chi connectivity index (χ1n) is 14.4. The number of amides is 2. The molecule has 198 valence electrons. The Morgan fingerprint density at radius 1 is 1.08 bits per heavy atom. The van der Waals surface area contributed by atoms with E-state index in [1.807, 2.05) is 30.5 Å². The maximum absolute atomic E-state index is 13.6. The van der Waals surface area contributed by atoms with Crippen LogP contribution in [-0.4, -0.2) is 33.4 Å². The monoisotopic (exact) mass is 504 g/mol. The molecule has 0 saturated heterocycles. The van der Waals surface area contributed by atoms with E-state index >= 15 is 0 Å². The summed E-state index contributed by atoms with van der Waals surface area (Å²) >= 11 is 0. The minimum Gasteiger partial charge on any atom is -0.387 e. The second kappa shape index (κ2) is 9.90. The van der Waals surface area contributed by atoms with Crippen LogP contribution in [0.1, 0.15) is 94.9 Å². The van der Waals surface area contributed by atoms with Gasteiger partial charge in [-0.3, -0.25) is 14.9 Å². The number of aliphatic hydroxyl groups excluding tert-OH is 1. The van der Waals surface area contributed by atoms with Gasteiger partial charge in [0.25, 0.3) is 0 Å². The molecule has 2 atom stereocenters. The van der Waals surface area contributed by atoms with Crippen LogP contribution in [0.25, 0.3) is 0 Å². The lowest BCUT2D eigenvalue weighted by atomic mass is 9.49. The van der Waals surface area contributed by atoms with Crippen molar-refractivity contribution >= 4 is 23.5 Å². The number of H-pyrrole nitrogens is 1. The minimum absolute atomic E-state index is 0.151. The van der Waals surface area contributed by atoms with Gasteiger partial charge >= 0.3 is 0 Å². The van der Waals surface area contributed by atoms with Crippen molar-refractivity contribution in [3.8, 4) is 0 Å². The normalized spacial score (nSPS) is 32.0. The Bertz CT molecular complexity index is 1120. The number of para-hydroxylation sites is 1. The maximum Gasteiger partial charge on any atom is 0.242 e. The van der Waals surface area contributed by atoms with Crippen LogP contribution in [0.3, 0.4) is 0 Å². The van der Waals surface area contributed by atoms with E-state index in [-0.39, 0.29) is 11.3 Å². The van der Waals surface area contributed by atoms with Crippen LogP contribution in [0.2, 0.25) is 0 Å². The Morgan fingerprint density at radius 3 is 2.46 bits per heavy atom. The van der Waals surface area contributed by atoms with Crippen molar-refractivity contribution in [2.75, 3.05) is 16.8 Å². The number of aliphatic hydroxyl groups is 1. The molecule has 1 aromatic heterocycles. The summed E-state index contributed by atoms with van der Waals surface area (Å²) in [7, 11) is 0. The van der Waals surface area contributed by atoms with E-state index in [0.29, 0.717) is 23.7 Å². The molecule has 2 aromatic rings. The number of unbranched alkanes of at least 4 members (excludes halogenated alkanes) is 4. The third kappa shape index (κ3) is 4.49. The molecule has 2 heterocycles. The highest BCUT2D eigenvalue weighted by atomic mass is 16.3. The molecule has 0 spiro atoms. The van der Waals surface area contributed by atoms with Crippen molar-refractivity contribution in [2.24, 2.45) is 23.7 Å². The number of nitrogens with one attached hydrogen (secondary N) is 2. The molecule has 4 fully saturated rings. The molecule has 1 aromatic carbocycles. The predicted molar refractivity (Wildman–Crippen MR) is 143 cm³/mol. The SMILES string of the molecule is CCCCCCCN1C(=O)C(C(=O)Nc2ncc(C34CC5CC(CC(C5)C3)C4)[nH]2)C(O)c2ccccc21. The van der Waals surface area contributed by atoms with Crippen molar-refractivity contribution in [1.29, 1.82) is 0 Å². The molecule has 37 heavy (non-hydrogen) atoms. The van der Waals surface area contributed by atoms with Gasteiger partial charge in [-0.05, 0) is 68.8 Å². The number of benzene rings is 1. The van der Waals surface area contributed by atoms with Crippen LogP contribution in [0.15, 0.2) is 30.5 Å². The van der Waals surface area contributed by atoms with E-state index in [4.69, 9.17) is 0 Å². The highest BCUT2D eigenvalue weighted by molar-refractivity contribution is 6.13. The zero-order chi connectivity index (χ0) is 25.6. The first-order valence-corrected chi connectivity index (χ1v) is 14.4. The minimum atomic E-state index is -1.20. The summed E-state index contributed by atoms with van der Waals surface area (Å²) in [5, 5.41) is 14.0. The summed E-state index contributed by atoms with van der Waals surface area (Å²) in [5.74, 6) is 0.780. The van der Waals surface area contributed by atoms with E-state index in [0.717, 1.165) is 49.1 Å². The van der Waals surface area contributed by atoms with Gasteiger partial charge < -0.3 is 15.0 Å². The summed E-state index contributed by atoms with van der Waals surface area (Å²) < 4.78 is 0. The van der Waals surface area contributed by atoms with E-state index in [9.17, 15) is 14.7 Å². The zero-order valence-corrected chi connectivity index (χ0v) is 21.9. The van der Waals surface area contributed by atoms with Crippen LogP contribution in [0.5, 0.6) is 0 Å². The van der Waals surface area contributed by atoms with E-state index in [1.54, 1.807) is 4.90 Å². The molecule has 1 aliphatic heterocycles. The van der Waals surface area contributed by atoms with Crippen LogP contribution in [-0.2, 0) is 15.0 Å². The Hall–Kier alpha value is -2.67. The van der Waals surface area contributed by atoms with Gasteiger partial charge in [0.15, 0.2) is 0 Å². The summed E-state index contributed by atoms with van der Waals surface area (Å²) in [4.78, 5) is 36.6. The fourth-order valence-corrected chi connectivity index (χ4v) is 8.23. The molecule has 4 aliphatic carbocycles. The second-order valence-corrected chi connectivity index (χ2v) is 12.2. The number of fused-ring (bicyclic) bond motifs is 1. The lowest BCUT2D eigenvalue weighted by molar-refractivity contribution is -0.136. The molecule has 2 amide bonds. The van der Waals surface area contributed by atoms with Gasteiger partial charge in [0.2, 0.25) is 17.8 Å². The Labute approximate surface area is 219 Å². The first-order chi connectivity index (χ1) is 18.0. The molecule has 2 unspecified atom stereocenters. The number of hydrogen-bond donors (Lipinski definition) is 3. The third-order valence-electron chi connectivity index (χ3n) is 9.59. The van der Waals surface area contributed by atoms with Gasteiger partial charge in [-0.25, -0.2) is 4.98 Å². The standard InChI is InChI=1S/C30H40N4O3/c1-2-3-4-5-8-11-34-23-10-7-6-9-22(23)26(35)25(28(34)37)27(36)33-29-31-18-24(32-29)30-15-19-12-20(16-30)14-21(13-19)17-30/h6-7,9-10,18-21,25-26,35H,2-5,8,11-17H2,1H3,(H2,31,32,33,36). The zero-order valence-electron chi connectivity index (χ0n) is 21.9. The van der Waals surface area contributed by atoms with Gasteiger partial charge in [-0.2, -0.15) is 0 Å². The van der Waals surface area contributed by atoms with Crippen LogP contribution < -0.4 is 10.2 Å². The number of aromatic amines is 1. The number of nitrogens with zero attached hydrogens (tertiary/aromatic N) is 2. The molecule has 4 bridgehead atoms. The van der Waals surface area contributed by atoms with E-state index in [1.165, 1.54) is 44.9 Å². The molecule has 7 heteroatoms. The number of rotatable bonds is 9. The molecular weight excluding hydrogens is 464 g/mol. The van der Waals surface area contributed by atoms with Crippen molar-refractivity contribution in [1.82, 2.24) is 9.97 Å². The Balaban J connectivity index is 1.18.